The van der Waals surface area contributed by atoms with Crippen molar-refractivity contribution in [2.45, 2.75) is 25.4 Å². The van der Waals surface area contributed by atoms with E-state index in [0.29, 0.717) is 12.1 Å². The summed E-state index contributed by atoms with van der Waals surface area (Å²) < 4.78 is 37.3. The molecule has 0 aromatic heterocycles. The molecule has 0 bridgehead atoms. The summed E-state index contributed by atoms with van der Waals surface area (Å²) >= 11 is 5.62. The first-order valence-corrected chi connectivity index (χ1v) is 5.13. The third kappa shape index (κ3) is 2.68. The maximum absolute atomic E-state index is 12.4. The van der Waals surface area contributed by atoms with E-state index in [0.717, 1.165) is 6.07 Å². The number of nitrogens with two attached hydrogens (primary N) is 1. The van der Waals surface area contributed by atoms with E-state index in [1.165, 1.54) is 12.1 Å². The van der Waals surface area contributed by atoms with Crippen molar-refractivity contribution in [1.82, 2.24) is 0 Å². The minimum absolute atomic E-state index is 0.286. The molecule has 90 valence electrons. The van der Waals surface area contributed by atoms with Crippen molar-refractivity contribution in [2.24, 2.45) is 5.73 Å². The molecule has 0 fully saturated rings. The van der Waals surface area contributed by atoms with Gasteiger partial charge in [-0.3, -0.25) is 0 Å². The standard InChI is InChI=1S/C11H13ClF3N/c1-10(2,6-16)7-3-4-8(9(12)5-7)11(13,14)15/h3-5H,6,16H2,1-2H3. The minimum atomic E-state index is -4.41. The molecule has 0 saturated carbocycles. The van der Waals surface area contributed by atoms with E-state index in [9.17, 15) is 13.2 Å². The van der Waals surface area contributed by atoms with E-state index >= 15 is 0 Å². The monoisotopic (exact) mass is 251 g/mol. The van der Waals surface area contributed by atoms with Crippen LogP contribution in [0.2, 0.25) is 5.02 Å². The fourth-order valence-electron chi connectivity index (χ4n) is 1.28. The van der Waals surface area contributed by atoms with Crippen LogP contribution in [0.25, 0.3) is 0 Å². The van der Waals surface area contributed by atoms with Gasteiger partial charge in [0.15, 0.2) is 0 Å². The van der Waals surface area contributed by atoms with Crippen LogP contribution in [0.15, 0.2) is 18.2 Å². The molecule has 0 radical (unpaired) electrons. The van der Waals surface area contributed by atoms with Gasteiger partial charge < -0.3 is 5.73 Å². The van der Waals surface area contributed by atoms with Crippen LogP contribution in [0.4, 0.5) is 13.2 Å². The molecule has 16 heavy (non-hydrogen) atoms. The molecule has 1 aromatic carbocycles. The Morgan fingerprint density at radius 3 is 2.19 bits per heavy atom. The van der Waals surface area contributed by atoms with Crippen LogP contribution in [0.3, 0.4) is 0 Å². The lowest BCUT2D eigenvalue weighted by molar-refractivity contribution is -0.137. The van der Waals surface area contributed by atoms with Gasteiger partial charge in [-0.25, -0.2) is 0 Å². The first-order chi connectivity index (χ1) is 7.18. The summed E-state index contributed by atoms with van der Waals surface area (Å²) in [6, 6.07) is 3.74. The highest BCUT2D eigenvalue weighted by atomic mass is 35.5. The Morgan fingerprint density at radius 1 is 1.25 bits per heavy atom. The summed E-state index contributed by atoms with van der Waals surface area (Å²) in [4.78, 5) is 0. The predicted molar refractivity (Wildman–Crippen MR) is 58.5 cm³/mol. The van der Waals surface area contributed by atoms with Crippen LogP contribution in [-0.4, -0.2) is 6.54 Å². The highest BCUT2D eigenvalue weighted by Crippen LogP contribution is 2.36. The van der Waals surface area contributed by atoms with E-state index in [4.69, 9.17) is 17.3 Å². The molecule has 0 aliphatic heterocycles. The molecule has 0 heterocycles. The molecule has 0 spiro atoms. The van der Waals surface area contributed by atoms with Gasteiger partial charge in [-0.2, -0.15) is 13.2 Å². The molecule has 1 nitrogen and oxygen atoms in total. The Kier molecular flexibility index (Phi) is 3.55. The SMILES string of the molecule is CC(C)(CN)c1ccc(C(F)(F)F)c(Cl)c1. The predicted octanol–water partition coefficient (Wildman–Crippen LogP) is 3.60. The van der Waals surface area contributed by atoms with Gasteiger partial charge in [0.05, 0.1) is 10.6 Å². The van der Waals surface area contributed by atoms with Crippen molar-refractivity contribution in [1.29, 1.82) is 0 Å². The Bertz CT molecular complexity index is 385. The number of hydrogen-bond donors (Lipinski definition) is 1. The maximum Gasteiger partial charge on any atom is 0.417 e. The first-order valence-electron chi connectivity index (χ1n) is 4.76. The van der Waals surface area contributed by atoms with E-state index < -0.39 is 11.7 Å². The largest absolute Gasteiger partial charge is 0.417 e. The summed E-state index contributed by atoms with van der Waals surface area (Å²) in [7, 11) is 0. The van der Waals surface area contributed by atoms with Crippen molar-refractivity contribution in [2.75, 3.05) is 6.54 Å². The van der Waals surface area contributed by atoms with Gasteiger partial charge in [0.1, 0.15) is 0 Å². The van der Waals surface area contributed by atoms with Crippen molar-refractivity contribution >= 4 is 11.6 Å². The molecule has 0 amide bonds. The number of halogens is 4. The smallest absolute Gasteiger partial charge is 0.330 e. The third-order valence-corrected chi connectivity index (χ3v) is 2.88. The first kappa shape index (κ1) is 13.3. The number of rotatable bonds is 2. The lowest BCUT2D eigenvalue weighted by Gasteiger charge is -2.24. The molecule has 0 saturated heterocycles. The number of benzene rings is 1. The third-order valence-electron chi connectivity index (χ3n) is 2.57. The normalized spacial score (nSPS) is 12.9. The van der Waals surface area contributed by atoms with Gasteiger partial charge in [-0.15, -0.1) is 0 Å². The molecule has 0 unspecified atom stereocenters. The maximum atomic E-state index is 12.4. The Balaban J connectivity index is 3.20. The summed E-state index contributed by atoms with van der Waals surface area (Å²) in [6.07, 6.45) is -4.41. The average molecular weight is 252 g/mol. The molecule has 0 aliphatic rings. The fourth-order valence-corrected chi connectivity index (χ4v) is 1.57. The van der Waals surface area contributed by atoms with Crippen LogP contribution >= 0.6 is 11.6 Å². The molecule has 1 rings (SSSR count). The van der Waals surface area contributed by atoms with Crippen LogP contribution in [0, 0.1) is 0 Å². The van der Waals surface area contributed by atoms with Crippen LogP contribution in [-0.2, 0) is 11.6 Å². The molecular formula is C11H13ClF3N. The molecule has 5 heteroatoms. The van der Waals surface area contributed by atoms with E-state index in [1.807, 2.05) is 13.8 Å². The Labute approximate surface area is 97.4 Å². The molecular weight excluding hydrogens is 239 g/mol. The molecule has 0 aliphatic carbocycles. The van der Waals surface area contributed by atoms with Gasteiger partial charge in [-0.1, -0.05) is 31.5 Å². The van der Waals surface area contributed by atoms with Gasteiger partial charge in [0, 0.05) is 12.0 Å². The molecule has 2 N–H and O–H groups in total. The molecule has 0 atom stereocenters. The topological polar surface area (TPSA) is 26.0 Å². The fraction of sp³-hybridized carbons (Fsp3) is 0.455. The summed E-state index contributed by atoms with van der Waals surface area (Å²) in [5, 5.41) is -0.286. The quantitative estimate of drug-likeness (QED) is 0.854. The van der Waals surface area contributed by atoms with Crippen molar-refractivity contribution < 1.29 is 13.2 Å². The lowest BCUT2D eigenvalue weighted by Crippen LogP contribution is -2.28. The van der Waals surface area contributed by atoms with Crippen LogP contribution in [0.1, 0.15) is 25.0 Å². The zero-order valence-electron chi connectivity index (χ0n) is 9.03. The highest BCUT2D eigenvalue weighted by Gasteiger charge is 2.33. The van der Waals surface area contributed by atoms with Gasteiger partial charge in [0.2, 0.25) is 0 Å². The van der Waals surface area contributed by atoms with Crippen molar-refractivity contribution in [3.05, 3.63) is 34.3 Å². The van der Waals surface area contributed by atoms with E-state index in [1.54, 1.807) is 0 Å². The zero-order chi connectivity index (χ0) is 12.6. The van der Waals surface area contributed by atoms with E-state index in [-0.39, 0.29) is 10.4 Å². The van der Waals surface area contributed by atoms with Gasteiger partial charge in [0.25, 0.3) is 0 Å². The number of alkyl halides is 3. The molecule has 1 aromatic rings. The Hall–Kier alpha value is -0.740. The van der Waals surface area contributed by atoms with E-state index in [2.05, 4.69) is 0 Å². The second kappa shape index (κ2) is 4.26. The minimum Gasteiger partial charge on any atom is -0.330 e. The second-order valence-corrected chi connectivity index (χ2v) is 4.69. The average Bonchev–Trinajstić information content (AvgIpc) is 2.15. The lowest BCUT2D eigenvalue weighted by atomic mass is 9.84. The number of hydrogen-bond acceptors (Lipinski definition) is 1. The van der Waals surface area contributed by atoms with Crippen molar-refractivity contribution in [3.8, 4) is 0 Å². The van der Waals surface area contributed by atoms with Gasteiger partial charge >= 0.3 is 6.18 Å². The van der Waals surface area contributed by atoms with Crippen LogP contribution in [0.5, 0.6) is 0 Å². The van der Waals surface area contributed by atoms with Gasteiger partial charge in [-0.05, 0) is 17.7 Å². The highest BCUT2D eigenvalue weighted by molar-refractivity contribution is 6.31. The Morgan fingerprint density at radius 2 is 1.81 bits per heavy atom. The summed E-state index contributed by atoms with van der Waals surface area (Å²) in [6.45, 7) is 4.05. The van der Waals surface area contributed by atoms with Crippen LogP contribution < -0.4 is 5.73 Å². The van der Waals surface area contributed by atoms with Crippen molar-refractivity contribution in [3.63, 3.8) is 0 Å². The summed E-state index contributed by atoms with van der Waals surface area (Å²) in [5.41, 5.74) is 5.05. The second-order valence-electron chi connectivity index (χ2n) is 4.28. The zero-order valence-corrected chi connectivity index (χ0v) is 9.78. The summed E-state index contributed by atoms with van der Waals surface area (Å²) in [5.74, 6) is 0.